The minimum atomic E-state index is -0.773. The Morgan fingerprint density at radius 3 is 1.12 bits per heavy atom. The topological polar surface area (TPSA) is 188 Å². The molecule has 12 heteroatoms. The van der Waals surface area contributed by atoms with Crippen molar-refractivity contribution in [3.63, 3.8) is 0 Å². The molecular formula is C45H80O12. The molecule has 0 amide bonds. The van der Waals surface area contributed by atoms with Crippen molar-refractivity contribution in [2.45, 2.75) is 198 Å². The first-order valence-electron chi connectivity index (χ1n) is 21.4. The maximum Gasteiger partial charge on any atom is 0.316 e. The molecule has 0 aliphatic rings. The molecule has 0 rings (SSSR count). The summed E-state index contributed by atoms with van der Waals surface area (Å²) in [5.74, 6) is -3.03. The number of aliphatic carboxylic acids is 2. The van der Waals surface area contributed by atoms with Crippen molar-refractivity contribution < 1.29 is 58.0 Å². The Kier molecular flexibility index (Phi) is 28.4. The van der Waals surface area contributed by atoms with E-state index in [1.165, 1.54) is 0 Å². The molecule has 0 aromatic carbocycles. The fourth-order valence-electron chi connectivity index (χ4n) is 6.11. The molecular weight excluding hydrogens is 732 g/mol. The molecule has 57 heavy (non-hydrogen) atoms. The molecule has 1 unspecified atom stereocenters. The highest BCUT2D eigenvalue weighted by atomic mass is 16.5. The second-order valence-electron chi connectivity index (χ2n) is 17.8. The molecule has 0 saturated heterocycles. The van der Waals surface area contributed by atoms with Crippen molar-refractivity contribution in [2.75, 3.05) is 19.8 Å². The van der Waals surface area contributed by atoms with Crippen LogP contribution in [0.3, 0.4) is 0 Å². The molecule has 0 aliphatic carbocycles. The third kappa shape index (κ3) is 25.6. The van der Waals surface area contributed by atoms with Gasteiger partial charge in [0.2, 0.25) is 0 Å². The normalized spacial score (nSPS) is 12.5. The van der Waals surface area contributed by atoms with Crippen molar-refractivity contribution in [2.24, 2.45) is 27.6 Å². The summed E-state index contributed by atoms with van der Waals surface area (Å²) in [6.07, 6.45) is 13.2. The van der Waals surface area contributed by atoms with E-state index in [1.807, 2.05) is 27.7 Å². The van der Waals surface area contributed by atoms with E-state index in [9.17, 15) is 33.6 Å². The molecule has 1 atom stereocenters. The number of unbranched alkanes of at least 4 members (excludes halogenated alkanes) is 7. The summed E-state index contributed by atoms with van der Waals surface area (Å²) in [6, 6.07) is 0. The predicted octanol–water partition coefficient (Wildman–Crippen LogP) is 10.1. The lowest BCUT2D eigenvalue weighted by Gasteiger charge is -2.22. The Morgan fingerprint density at radius 1 is 0.439 bits per heavy atom. The summed E-state index contributed by atoms with van der Waals surface area (Å²) in [5.41, 5.74) is -2.50. The van der Waals surface area contributed by atoms with Crippen LogP contribution >= 0.6 is 0 Å². The maximum atomic E-state index is 12.7. The minimum Gasteiger partial charge on any atom is -0.481 e. The van der Waals surface area contributed by atoms with Crippen molar-refractivity contribution in [1.29, 1.82) is 0 Å². The van der Waals surface area contributed by atoms with Crippen LogP contribution in [0.15, 0.2) is 0 Å². The van der Waals surface area contributed by atoms with Crippen LogP contribution in [-0.2, 0) is 47.8 Å². The SMILES string of the molecule is CC(C)(CCCCCC(=O)CCCCCC(C)(C)C(=O)O)C(=O)O.CCOC(=O)C(CCCCC(C)(C)C(=O)OCC)C(=O)CCCCCC(C)(C)C(=O)OCC. The number of hydrogen-bond donors (Lipinski definition) is 2. The summed E-state index contributed by atoms with van der Waals surface area (Å²) in [4.78, 5) is 82.8. The van der Waals surface area contributed by atoms with Crippen LogP contribution in [0.1, 0.15) is 198 Å². The number of esters is 3. The lowest BCUT2D eigenvalue weighted by atomic mass is 9.85. The monoisotopic (exact) mass is 813 g/mol. The Morgan fingerprint density at radius 2 is 0.772 bits per heavy atom. The van der Waals surface area contributed by atoms with Gasteiger partial charge in [-0.3, -0.25) is 33.6 Å². The Hall–Kier alpha value is -3.31. The van der Waals surface area contributed by atoms with E-state index >= 15 is 0 Å². The second-order valence-corrected chi connectivity index (χ2v) is 17.8. The smallest absolute Gasteiger partial charge is 0.316 e. The highest BCUT2D eigenvalue weighted by Crippen LogP contribution is 2.29. The van der Waals surface area contributed by atoms with Crippen molar-refractivity contribution in [3.8, 4) is 0 Å². The van der Waals surface area contributed by atoms with Crippen LogP contribution in [0.2, 0.25) is 0 Å². The molecule has 332 valence electrons. The number of carboxylic acid groups (broad SMARTS) is 2. The average Bonchev–Trinajstić information content (AvgIpc) is 3.11. The first-order chi connectivity index (χ1) is 26.4. The highest BCUT2D eigenvalue weighted by Gasteiger charge is 2.32. The number of hydrogen-bond acceptors (Lipinski definition) is 10. The van der Waals surface area contributed by atoms with Gasteiger partial charge in [-0.2, -0.15) is 0 Å². The van der Waals surface area contributed by atoms with Gasteiger partial charge in [-0.15, -0.1) is 0 Å². The fraction of sp³-hybridized carbons (Fsp3) is 0.844. The Balaban J connectivity index is 0. The quantitative estimate of drug-likeness (QED) is 0.0284. The fourth-order valence-corrected chi connectivity index (χ4v) is 6.11. The van der Waals surface area contributed by atoms with Crippen molar-refractivity contribution in [1.82, 2.24) is 0 Å². The standard InChI is InChI=1S/C26H46O7.C19H34O5/c1-8-31-22(28)20(16-13-15-19-26(6,7)24(30)33-10-3)21(27)17-12-11-14-18-25(4,5)23(29)32-9-2;1-18(2,16(21)22)13-9-5-7-11-15(20)12-8-6-10-14-19(3,4)17(23)24/h20H,8-19H2,1-7H3;5-14H2,1-4H3,(H,21,22)(H,23,24). The number of ketones is 2. The lowest BCUT2D eigenvalue weighted by Crippen LogP contribution is -2.28. The number of carbonyl (C=O) groups is 7. The van der Waals surface area contributed by atoms with E-state index in [0.717, 1.165) is 57.8 Å². The number of ether oxygens (including phenoxy) is 3. The lowest BCUT2D eigenvalue weighted by molar-refractivity contribution is -0.154. The van der Waals surface area contributed by atoms with Gasteiger partial charge in [-0.25, -0.2) is 0 Å². The van der Waals surface area contributed by atoms with Crippen molar-refractivity contribution >= 4 is 41.4 Å². The van der Waals surface area contributed by atoms with E-state index in [1.54, 1.807) is 48.5 Å². The summed E-state index contributed by atoms with van der Waals surface area (Å²) >= 11 is 0. The zero-order chi connectivity index (χ0) is 44.3. The van der Waals surface area contributed by atoms with Gasteiger partial charge in [0.05, 0.1) is 41.5 Å². The van der Waals surface area contributed by atoms with E-state index in [-0.39, 0.29) is 30.1 Å². The van der Waals surface area contributed by atoms with Crippen LogP contribution < -0.4 is 0 Å². The molecule has 0 radical (unpaired) electrons. The van der Waals surface area contributed by atoms with Crippen LogP contribution in [0.4, 0.5) is 0 Å². The van der Waals surface area contributed by atoms with Crippen molar-refractivity contribution in [3.05, 3.63) is 0 Å². The largest absolute Gasteiger partial charge is 0.481 e. The van der Waals surface area contributed by atoms with E-state index < -0.39 is 45.5 Å². The minimum absolute atomic E-state index is 0.0947. The molecule has 0 aliphatic heterocycles. The Bertz CT molecular complexity index is 1190. The summed E-state index contributed by atoms with van der Waals surface area (Å²) in [6.45, 7) is 20.6. The average molecular weight is 813 g/mol. The first kappa shape index (κ1) is 55.8. The first-order valence-corrected chi connectivity index (χ1v) is 21.4. The maximum absolute atomic E-state index is 12.7. The summed E-state index contributed by atoms with van der Waals surface area (Å²) in [7, 11) is 0. The summed E-state index contributed by atoms with van der Waals surface area (Å²) in [5, 5.41) is 18.0. The van der Waals surface area contributed by atoms with Gasteiger partial charge < -0.3 is 24.4 Å². The van der Waals surface area contributed by atoms with Crippen LogP contribution in [0.5, 0.6) is 0 Å². The number of carboxylic acids is 2. The van der Waals surface area contributed by atoms with Gasteiger partial charge >= 0.3 is 29.8 Å². The second kappa shape index (κ2) is 29.0. The molecule has 0 spiro atoms. The van der Waals surface area contributed by atoms with Crippen LogP contribution in [0.25, 0.3) is 0 Å². The van der Waals surface area contributed by atoms with E-state index in [0.29, 0.717) is 77.4 Å². The number of Topliss-reactive ketones (excluding diaryl/α,β-unsaturated/α-hetero) is 2. The third-order valence-corrected chi connectivity index (χ3v) is 10.6. The van der Waals surface area contributed by atoms with Crippen LogP contribution in [-0.4, -0.2) is 71.4 Å². The van der Waals surface area contributed by atoms with Gasteiger partial charge in [-0.05, 0) is 128 Å². The van der Waals surface area contributed by atoms with Gasteiger partial charge in [0.25, 0.3) is 0 Å². The third-order valence-electron chi connectivity index (χ3n) is 10.6. The van der Waals surface area contributed by atoms with Gasteiger partial charge in [-0.1, -0.05) is 51.4 Å². The zero-order valence-corrected chi connectivity index (χ0v) is 37.6. The Labute approximate surface area is 344 Å². The van der Waals surface area contributed by atoms with Gasteiger partial charge in [0, 0.05) is 19.3 Å². The zero-order valence-electron chi connectivity index (χ0n) is 37.6. The van der Waals surface area contributed by atoms with Gasteiger partial charge in [0.15, 0.2) is 0 Å². The number of carbonyl (C=O) groups excluding carboxylic acids is 5. The summed E-state index contributed by atoms with van der Waals surface area (Å²) < 4.78 is 15.3. The van der Waals surface area contributed by atoms with Gasteiger partial charge in [0.1, 0.15) is 17.5 Å². The van der Waals surface area contributed by atoms with Crippen LogP contribution in [0, 0.1) is 27.6 Å². The number of rotatable bonds is 32. The molecule has 2 N–H and O–H groups in total. The molecule has 0 heterocycles. The van der Waals surface area contributed by atoms with E-state index in [4.69, 9.17) is 24.4 Å². The van der Waals surface area contributed by atoms with E-state index in [2.05, 4.69) is 0 Å². The predicted molar refractivity (Wildman–Crippen MR) is 222 cm³/mol. The molecule has 0 aromatic rings. The molecule has 12 nitrogen and oxygen atoms in total. The molecule has 0 bridgehead atoms. The highest BCUT2D eigenvalue weighted by molar-refractivity contribution is 5.98. The molecule has 0 aromatic heterocycles. The molecule has 0 fully saturated rings. The molecule has 0 saturated carbocycles.